The molecule has 4 rings (SSSR count). The van der Waals surface area contributed by atoms with E-state index in [-0.39, 0.29) is 0 Å². The second-order valence-electron chi connectivity index (χ2n) is 5.17. The number of hydrogen-bond donors (Lipinski definition) is 0. The smallest absolute Gasteiger partial charge is 0.0705 e. The molecule has 8 heteroatoms. The van der Waals surface area contributed by atoms with Crippen molar-refractivity contribution in [3.05, 3.63) is 83.2 Å². The summed E-state index contributed by atoms with van der Waals surface area (Å²) in [7, 11) is 0. The van der Waals surface area contributed by atoms with Crippen LogP contribution in [-0.4, -0.2) is 0 Å². The van der Waals surface area contributed by atoms with Gasteiger partial charge in [0, 0.05) is 30.7 Å². The molecular weight excluding hydrogens is 664 g/mol. The van der Waals surface area contributed by atoms with Crippen LogP contribution in [-0.2, 0) is 0 Å². The van der Waals surface area contributed by atoms with Gasteiger partial charge in [-0.05, 0) is 112 Å². The average molecular weight is 672 g/mol. The van der Waals surface area contributed by atoms with E-state index < -0.39 is 0 Å². The third-order valence-corrected chi connectivity index (χ3v) is 10.1. The Labute approximate surface area is 201 Å². The fraction of sp³-hybridized carbons (Fsp3) is 0. The van der Waals surface area contributed by atoms with Gasteiger partial charge in [-0.25, -0.2) is 0 Å². The molecule has 26 heavy (non-hydrogen) atoms. The Hall–Kier alpha value is 0.460. The molecule has 0 amide bonds. The molecule has 0 N–H and O–H groups in total. The highest BCUT2D eigenvalue weighted by Gasteiger charge is 2.21. The van der Waals surface area contributed by atoms with E-state index in [2.05, 4.69) is 112 Å². The maximum atomic E-state index is 3.63. The Morgan fingerprint density at radius 1 is 0.423 bits per heavy atom. The molecule has 0 saturated heterocycles. The summed E-state index contributed by atoms with van der Waals surface area (Å²) in [5.41, 5.74) is 2.56. The minimum Gasteiger partial charge on any atom is -0.128 e. The van der Waals surface area contributed by atoms with Gasteiger partial charge in [0.2, 0.25) is 0 Å². The van der Waals surface area contributed by atoms with Crippen LogP contribution < -0.4 is 0 Å². The van der Waals surface area contributed by atoms with Gasteiger partial charge < -0.3 is 0 Å². The highest BCUT2D eigenvalue weighted by atomic mass is 79.9. The van der Waals surface area contributed by atoms with Crippen LogP contribution in [0.4, 0.5) is 0 Å². The van der Waals surface area contributed by atoms with Gasteiger partial charge in [-0.1, -0.05) is 0 Å². The summed E-state index contributed by atoms with van der Waals surface area (Å²) in [6, 6.07) is 17.3. The van der Waals surface area contributed by atoms with E-state index in [1.165, 1.54) is 30.7 Å². The molecule has 0 atom stereocenters. The molecule has 0 radical (unpaired) electrons. The number of thiophene rings is 4. The van der Waals surface area contributed by atoms with Crippen molar-refractivity contribution in [2.75, 3.05) is 0 Å². The van der Waals surface area contributed by atoms with E-state index in [1.807, 2.05) is 0 Å². The molecule has 0 fully saturated rings. The van der Waals surface area contributed by atoms with Crippen LogP contribution in [0.3, 0.4) is 0 Å². The van der Waals surface area contributed by atoms with Crippen molar-refractivity contribution in [1.82, 2.24) is 0 Å². The minimum absolute atomic E-state index is 1.14. The van der Waals surface area contributed by atoms with Crippen molar-refractivity contribution in [3.8, 4) is 0 Å². The summed E-state index contributed by atoms with van der Waals surface area (Å²) in [5.74, 6) is 0. The minimum atomic E-state index is 1.14. The lowest BCUT2D eigenvalue weighted by Crippen LogP contribution is -1.90. The largest absolute Gasteiger partial charge is 0.128 e. The van der Waals surface area contributed by atoms with Crippen LogP contribution in [0.25, 0.3) is 11.1 Å². The van der Waals surface area contributed by atoms with E-state index in [0.29, 0.717) is 0 Å². The number of halogens is 4. The van der Waals surface area contributed by atoms with E-state index in [9.17, 15) is 0 Å². The third-order valence-electron chi connectivity index (χ3n) is 3.53. The van der Waals surface area contributed by atoms with Crippen molar-refractivity contribution >= 4 is 120 Å². The maximum absolute atomic E-state index is 3.63. The highest BCUT2D eigenvalue weighted by Crippen LogP contribution is 2.46. The Bertz CT molecular complexity index is 925. The van der Waals surface area contributed by atoms with E-state index in [0.717, 1.165) is 15.1 Å². The Morgan fingerprint density at radius 3 is 0.808 bits per heavy atom. The molecule has 0 aromatic carbocycles. The van der Waals surface area contributed by atoms with Crippen molar-refractivity contribution in [1.29, 1.82) is 0 Å². The molecule has 4 aromatic rings. The van der Waals surface area contributed by atoms with Gasteiger partial charge in [0.05, 0.1) is 15.1 Å². The number of rotatable bonds is 4. The highest BCUT2D eigenvalue weighted by molar-refractivity contribution is 9.11. The van der Waals surface area contributed by atoms with Crippen molar-refractivity contribution < 1.29 is 0 Å². The molecule has 132 valence electrons. The van der Waals surface area contributed by atoms with Crippen molar-refractivity contribution in [3.63, 3.8) is 0 Å². The van der Waals surface area contributed by atoms with Gasteiger partial charge in [0.1, 0.15) is 0 Å². The lowest BCUT2D eigenvalue weighted by Gasteiger charge is -2.11. The Morgan fingerprint density at radius 2 is 0.654 bits per heavy atom. The van der Waals surface area contributed by atoms with Gasteiger partial charge in [0.25, 0.3) is 0 Å². The zero-order valence-corrected chi connectivity index (χ0v) is 22.4. The molecule has 0 aliphatic carbocycles. The predicted molar refractivity (Wildman–Crippen MR) is 133 cm³/mol. The first kappa shape index (κ1) is 19.8. The molecule has 0 aliphatic rings. The van der Waals surface area contributed by atoms with Crippen LogP contribution in [0.1, 0.15) is 19.5 Å². The van der Waals surface area contributed by atoms with E-state index >= 15 is 0 Å². The van der Waals surface area contributed by atoms with Crippen LogP contribution in [0.5, 0.6) is 0 Å². The Balaban J connectivity index is 2.07. The first-order valence-electron chi connectivity index (χ1n) is 7.28. The summed E-state index contributed by atoms with van der Waals surface area (Å²) in [6.45, 7) is 0. The summed E-state index contributed by atoms with van der Waals surface area (Å²) < 4.78 is 4.55. The fourth-order valence-electron chi connectivity index (χ4n) is 2.53. The monoisotopic (exact) mass is 668 g/mol. The topological polar surface area (TPSA) is 0 Å². The second-order valence-corrected chi connectivity index (χ2v) is 15.0. The predicted octanol–water partition coefficient (Wildman–Crippen LogP) is 9.99. The quantitative estimate of drug-likeness (QED) is 0.203. The van der Waals surface area contributed by atoms with Crippen molar-refractivity contribution in [2.45, 2.75) is 0 Å². The zero-order chi connectivity index (χ0) is 18.3. The molecule has 0 nitrogen and oxygen atoms in total. The van der Waals surface area contributed by atoms with Gasteiger partial charge >= 0.3 is 0 Å². The third kappa shape index (κ3) is 4.22. The van der Waals surface area contributed by atoms with Gasteiger partial charge in [-0.2, -0.15) is 0 Å². The second kappa shape index (κ2) is 8.45. The lowest BCUT2D eigenvalue weighted by molar-refractivity contribution is 1.73. The molecular formula is C18H8Br4S4. The lowest BCUT2D eigenvalue weighted by atomic mass is 10.0. The molecule has 0 aliphatic heterocycles. The van der Waals surface area contributed by atoms with E-state index in [4.69, 9.17) is 0 Å². The van der Waals surface area contributed by atoms with Crippen LogP contribution in [0.15, 0.2) is 63.7 Å². The van der Waals surface area contributed by atoms with Crippen molar-refractivity contribution in [2.24, 2.45) is 0 Å². The van der Waals surface area contributed by atoms with Gasteiger partial charge in [-0.3, -0.25) is 0 Å². The zero-order valence-electron chi connectivity index (χ0n) is 12.8. The summed E-state index contributed by atoms with van der Waals surface area (Å²) >= 11 is 21.6. The number of hydrogen-bond acceptors (Lipinski definition) is 4. The van der Waals surface area contributed by atoms with Crippen LogP contribution in [0, 0.1) is 0 Å². The molecule has 0 saturated carbocycles. The molecule has 0 spiro atoms. The normalized spacial score (nSPS) is 11.1. The SMILES string of the molecule is Brc1ccc(C(=C(c2ccc(Br)s2)c2ccc(Br)s2)c2ccc(Br)s2)s1. The average Bonchev–Trinajstić information content (AvgIpc) is 3.36. The van der Waals surface area contributed by atoms with E-state index in [1.54, 1.807) is 45.3 Å². The Kier molecular flexibility index (Phi) is 6.42. The summed E-state index contributed by atoms with van der Waals surface area (Å²) in [4.78, 5) is 5.04. The van der Waals surface area contributed by atoms with Crippen LogP contribution >= 0.6 is 109 Å². The first-order chi connectivity index (χ1) is 12.5. The molecule has 4 aromatic heterocycles. The standard InChI is InChI=1S/C18H8Br4S4/c19-13-5-1-9(23-13)17(10-2-6-14(20)24-10)18(11-3-7-15(21)25-11)12-4-8-16(22)26-12/h1-8H. The molecule has 0 bridgehead atoms. The van der Waals surface area contributed by atoms with Gasteiger partial charge in [0.15, 0.2) is 0 Å². The summed E-state index contributed by atoms with van der Waals surface area (Å²) in [5, 5.41) is 0. The van der Waals surface area contributed by atoms with Gasteiger partial charge in [-0.15, -0.1) is 45.3 Å². The first-order valence-corrected chi connectivity index (χ1v) is 13.7. The summed E-state index contributed by atoms with van der Waals surface area (Å²) in [6.07, 6.45) is 0. The maximum Gasteiger partial charge on any atom is 0.0705 e. The molecule has 0 unspecified atom stereocenters. The molecule has 4 heterocycles. The van der Waals surface area contributed by atoms with Crippen LogP contribution in [0.2, 0.25) is 0 Å². The fourth-order valence-corrected chi connectivity index (χ4v) is 8.47.